The van der Waals surface area contributed by atoms with Gasteiger partial charge in [-0.2, -0.15) is 0 Å². The van der Waals surface area contributed by atoms with Crippen LogP contribution in [0.15, 0.2) is 42.5 Å². The molecule has 25 heavy (non-hydrogen) atoms. The molecule has 0 radical (unpaired) electrons. The van der Waals surface area contributed by atoms with Crippen LogP contribution in [-0.2, 0) is 9.57 Å². The van der Waals surface area contributed by atoms with Crippen molar-refractivity contribution in [2.24, 2.45) is 5.92 Å². The van der Waals surface area contributed by atoms with Crippen LogP contribution >= 0.6 is 0 Å². The fourth-order valence-electron chi connectivity index (χ4n) is 3.30. The number of rotatable bonds is 3. The number of alkyl carbamates (subject to hydrolysis) is 1. The van der Waals surface area contributed by atoms with E-state index in [2.05, 4.69) is 11.4 Å². The van der Waals surface area contributed by atoms with Crippen LogP contribution in [0.25, 0.3) is 0 Å². The maximum atomic E-state index is 12.2. The van der Waals surface area contributed by atoms with Crippen LogP contribution in [0.1, 0.15) is 37.6 Å². The molecule has 0 spiro atoms. The Morgan fingerprint density at radius 2 is 1.96 bits per heavy atom. The van der Waals surface area contributed by atoms with E-state index < -0.39 is 23.2 Å². The van der Waals surface area contributed by atoms with Crippen molar-refractivity contribution in [3.05, 3.63) is 48.0 Å². The highest BCUT2D eigenvalue weighted by molar-refractivity contribution is 5.89. The molecular weight excluding hydrogens is 320 g/mol. The number of amides is 1. The molecule has 1 fully saturated rings. The summed E-state index contributed by atoms with van der Waals surface area (Å²) in [7, 11) is 0. The quantitative estimate of drug-likeness (QED) is 0.854. The van der Waals surface area contributed by atoms with Crippen LogP contribution < -0.4 is 5.32 Å². The second kappa shape index (κ2) is 6.52. The van der Waals surface area contributed by atoms with Crippen LogP contribution in [0, 0.1) is 5.92 Å². The van der Waals surface area contributed by atoms with Gasteiger partial charge in [-0.05, 0) is 39.3 Å². The van der Waals surface area contributed by atoms with Gasteiger partial charge in [0.2, 0.25) is 0 Å². The van der Waals surface area contributed by atoms with Crippen molar-refractivity contribution < 1.29 is 19.2 Å². The number of fused-ring (bicyclic) bond motifs is 1. The second-order valence-electron chi connectivity index (χ2n) is 7.57. The van der Waals surface area contributed by atoms with Gasteiger partial charge in [0.15, 0.2) is 0 Å². The summed E-state index contributed by atoms with van der Waals surface area (Å²) in [5.41, 5.74) is -0.611. The molecule has 0 unspecified atom stereocenters. The van der Waals surface area contributed by atoms with Crippen molar-refractivity contribution in [1.82, 2.24) is 10.4 Å². The zero-order valence-corrected chi connectivity index (χ0v) is 14.8. The van der Waals surface area contributed by atoms with E-state index in [1.54, 1.807) is 29.3 Å². The lowest BCUT2D eigenvalue weighted by molar-refractivity contribution is -0.0974. The van der Waals surface area contributed by atoms with E-state index in [1.165, 1.54) is 0 Å². The third kappa shape index (κ3) is 4.02. The maximum absolute atomic E-state index is 12.2. The number of carbonyl (C=O) groups is 2. The smallest absolute Gasteiger partial charge is 0.408 e. The van der Waals surface area contributed by atoms with E-state index in [0.717, 1.165) is 6.42 Å². The first-order valence-corrected chi connectivity index (χ1v) is 8.49. The Balaban J connectivity index is 1.65. The Morgan fingerprint density at radius 1 is 1.24 bits per heavy atom. The van der Waals surface area contributed by atoms with Gasteiger partial charge in [-0.15, -0.1) is 5.06 Å². The summed E-state index contributed by atoms with van der Waals surface area (Å²) in [5.74, 6) is -0.236. The maximum Gasteiger partial charge on any atom is 0.408 e. The lowest BCUT2D eigenvalue weighted by atomic mass is 9.91. The number of hydrogen-bond acceptors (Lipinski definition) is 5. The summed E-state index contributed by atoms with van der Waals surface area (Å²) in [6, 6.07) is 8.87. The predicted molar refractivity (Wildman–Crippen MR) is 92.8 cm³/mol. The summed E-state index contributed by atoms with van der Waals surface area (Å²) >= 11 is 0. The molecule has 1 aliphatic carbocycles. The molecule has 6 nitrogen and oxygen atoms in total. The summed E-state index contributed by atoms with van der Waals surface area (Å²) in [4.78, 5) is 30.0. The molecule has 134 valence electrons. The molecule has 6 heteroatoms. The van der Waals surface area contributed by atoms with Crippen molar-refractivity contribution >= 4 is 12.1 Å². The van der Waals surface area contributed by atoms with Gasteiger partial charge in [0.25, 0.3) is 0 Å². The van der Waals surface area contributed by atoms with Gasteiger partial charge in [-0.3, -0.25) is 0 Å². The molecule has 0 bridgehead atoms. The van der Waals surface area contributed by atoms with Crippen molar-refractivity contribution in [2.75, 3.05) is 13.1 Å². The number of nitrogens with one attached hydrogen (secondary N) is 1. The molecule has 2 atom stereocenters. The van der Waals surface area contributed by atoms with Gasteiger partial charge < -0.3 is 14.9 Å². The minimum absolute atomic E-state index is 0.156. The van der Waals surface area contributed by atoms with E-state index in [4.69, 9.17) is 9.57 Å². The van der Waals surface area contributed by atoms with Gasteiger partial charge in [-0.25, -0.2) is 9.59 Å². The van der Waals surface area contributed by atoms with Crippen LogP contribution in [-0.4, -0.2) is 41.4 Å². The number of benzene rings is 1. The number of allylic oxidation sites excluding steroid dienone is 1. The summed E-state index contributed by atoms with van der Waals surface area (Å²) < 4.78 is 5.38. The summed E-state index contributed by atoms with van der Waals surface area (Å²) in [6.07, 6.45) is 4.41. The molecule has 1 aliphatic heterocycles. The minimum atomic E-state index is -0.559. The van der Waals surface area contributed by atoms with E-state index in [9.17, 15) is 9.59 Å². The van der Waals surface area contributed by atoms with Crippen molar-refractivity contribution in [3.63, 3.8) is 0 Å². The first-order chi connectivity index (χ1) is 11.8. The van der Waals surface area contributed by atoms with E-state index >= 15 is 0 Å². The van der Waals surface area contributed by atoms with E-state index in [1.807, 2.05) is 32.9 Å². The monoisotopic (exact) mass is 344 g/mol. The molecule has 1 heterocycles. The van der Waals surface area contributed by atoms with Gasteiger partial charge >= 0.3 is 12.1 Å². The zero-order chi connectivity index (χ0) is 18.1. The SMILES string of the molecule is CC(C)(C)OC(=O)N[C@@]12C=CC[C@@H]1CN(OC(=O)c1ccccc1)C2. The highest BCUT2D eigenvalue weighted by Crippen LogP contribution is 2.37. The zero-order valence-electron chi connectivity index (χ0n) is 14.8. The fourth-order valence-corrected chi connectivity index (χ4v) is 3.30. The normalized spacial score (nSPS) is 25.5. The van der Waals surface area contributed by atoms with Crippen LogP contribution in [0.5, 0.6) is 0 Å². The molecule has 3 rings (SSSR count). The van der Waals surface area contributed by atoms with Crippen LogP contribution in [0.2, 0.25) is 0 Å². The molecule has 1 amide bonds. The number of hydroxylamine groups is 2. The molecular formula is C19H24N2O4. The molecule has 1 N–H and O–H groups in total. The summed E-state index contributed by atoms with van der Waals surface area (Å²) in [6.45, 7) is 6.46. The Morgan fingerprint density at radius 3 is 2.64 bits per heavy atom. The van der Waals surface area contributed by atoms with Crippen molar-refractivity contribution in [3.8, 4) is 0 Å². The predicted octanol–water partition coefficient (Wildman–Crippen LogP) is 2.91. The van der Waals surface area contributed by atoms with E-state index in [-0.39, 0.29) is 5.92 Å². The first kappa shape index (κ1) is 17.5. The first-order valence-electron chi connectivity index (χ1n) is 8.49. The standard InChI is InChI=1S/C19H24N2O4/c1-18(2,3)24-17(23)20-19-11-7-10-15(19)12-21(13-19)25-16(22)14-8-5-4-6-9-14/h4-9,11,15H,10,12-13H2,1-3H3,(H,20,23)/t15-,19-/m1/s1. The van der Waals surface area contributed by atoms with Gasteiger partial charge in [0.05, 0.1) is 17.6 Å². The Kier molecular flexibility index (Phi) is 4.56. The molecule has 1 aromatic carbocycles. The third-order valence-corrected chi connectivity index (χ3v) is 4.38. The van der Waals surface area contributed by atoms with Gasteiger partial charge in [-0.1, -0.05) is 30.4 Å². The van der Waals surface area contributed by atoms with Crippen molar-refractivity contribution in [1.29, 1.82) is 0 Å². The average molecular weight is 344 g/mol. The number of carbonyl (C=O) groups excluding carboxylic acids is 2. The van der Waals surface area contributed by atoms with Gasteiger partial charge in [0, 0.05) is 12.5 Å². The number of ether oxygens (including phenoxy) is 1. The van der Waals surface area contributed by atoms with Crippen LogP contribution in [0.4, 0.5) is 4.79 Å². The Bertz CT molecular complexity index is 680. The lowest BCUT2D eigenvalue weighted by Crippen LogP contribution is -2.52. The lowest BCUT2D eigenvalue weighted by Gasteiger charge is -2.30. The van der Waals surface area contributed by atoms with Crippen molar-refractivity contribution in [2.45, 2.75) is 38.3 Å². The molecule has 0 saturated carbocycles. The Hall–Kier alpha value is -2.34. The van der Waals surface area contributed by atoms with Crippen LogP contribution in [0.3, 0.4) is 0 Å². The topological polar surface area (TPSA) is 67.9 Å². The molecule has 0 aromatic heterocycles. The molecule has 1 saturated heterocycles. The number of hydrogen-bond donors (Lipinski definition) is 1. The highest BCUT2D eigenvalue weighted by atomic mass is 16.7. The number of nitrogens with zero attached hydrogens (tertiary/aromatic N) is 1. The second-order valence-corrected chi connectivity index (χ2v) is 7.57. The Labute approximate surface area is 147 Å². The minimum Gasteiger partial charge on any atom is -0.444 e. The van der Waals surface area contributed by atoms with E-state index in [0.29, 0.717) is 18.7 Å². The largest absolute Gasteiger partial charge is 0.444 e. The molecule has 2 aliphatic rings. The average Bonchev–Trinajstić information content (AvgIpc) is 3.01. The summed E-state index contributed by atoms with van der Waals surface area (Å²) in [5, 5.41) is 4.60. The highest BCUT2D eigenvalue weighted by Gasteiger charge is 2.50. The third-order valence-electron chi connectivity index (χ3n) is 4.38. The fraction of sp³-hybridized carbons (Fsp3) is 0.474. The molecule has 1 aromatic rings. The van der Waals surface area contributed by atoms with Gasteiger partial charge in [0.1, 0.15) is 5.60 Å².